The molecule has 2 atom stereocenters. The Kier molecular flexibility index (Phi) is 3.96. The minimum atomic E-state index is 0.237. The molecule has 1 aromatic rings. The van der Waals surface area contributed by atoms with Crippen molar-refractivity contribution in [3.05, 3.63) is 18.2 Å². The van der Waals surface area contributed by atoms with Crippen LogP contribution in [0.2, 0.25) is 0 Å². The minimum Gasteiger partial charge on any atom is -0.349 e. The van der Waals surface area contributed by atoms with E-state index in [2.05, 4.69) is 23.8 Å². The molecule has 0 radical (unpaired) electrons. The van der Waals surface area contributed by atoms with Gasteiger partial charge in [-0.05, 0) is 12.3 Å². The third-order valence-corrected chi connectivity index (χ3v) is 2.41. The van der Waals surface area contributed by atoms with Crippen LogP contribution in [0.1, 0.15) is 32.5 Å². The fourth-order valence-corrected chi connectivity index (χ4v) is 1.42. The van der Waals surface area contributed by atoms with Crippen LogP contribution in [0.4, 0.5) is 0 Å². The van der Waals surface area contributed by atoms with E-state index in [0.29, 0.717) is 5.92 Å². The molecule has 0 aliphatic carbocycles. The number of hydrogen-bond acceptors (Lipinski definition) is 2. The van der Waals surface area contributed by atoms with E-state index in [4.69, 9.17) is 5.73 Å². The highest BCUT2D eigenvalue weighted by Gasteiger charge is 2.09. The summed E-state index contributed by atoms with van der Waals surface area (Å²) in [6, 6.07) is 0.237. The molecule has 0 spiro atoms. The number of hydrogen-bond donors (Lipinski definition) is 2. The third-order valence-electron chi connectivity index (χ3n) is 2.41. The topological polar surface area (TPSA) is 54.7 Å². The Hall–Kier alpha value is -0.830. The highest BCUT2D eigenvalue weighted by molar-refractivity contribution is 4.90. The first-order valence-corrected chi connectivity index (χ1v) is 4.96. The van der Waals surface area contributed by atoms with Crippen molar-refractivity contribution in [3.63, 3.8) is 0 Å². The second-order valence-corrected chi connectivity index (χ2v) is 3.75. The summed E-state index contributed by atoms with van der Waals surface area (Å²) in [5, 5.41) is 0. The Morgan fingerprint density at radius 2 is 2.38 bits per heavy atom. The molecule has 3 nitrogen and oxygen atoms in total. The lowest BCUT2D eigenvalue weighted by atomic mass is 9.98. The van der Waals surface area contributed by atoms with Gasteiger partial charge in [0.05, 0.1) is 0 Å². The lowest BCUT2D eigenvalue weighted by Gasteiger charge is -2.14. The molecule has 0 aliphatic heterocycles. The molecule has 1 heterocycles. The number of nitrogens with one attached hydrogen (secondary N) is 1. The van der Waals surface area contributed by atoms with Crippen molar-refractivity contribution < 1.29 is 0 Å². The first kappa shape index (κ1) is 10.3. The maximum atomic E-state index is 5.98. The van der Waals surface area contributed by atoms with Crippen LogP contribution in [0, 0.1) is 5.92 Å². The van der Waals surface area contributed by atoms with E-state index in [9.17, 15) is 0 Å². The van der Waals surface area contributed by atoms with Crippen LogP contribution in [-0.2, 0) is 6.42 Å². The van der Waals surface area contributed by atoms with Crippen molar-refractivity contribution in [2.75, 3.05) is 0 Å². The summed E-state index contributed by atoms with van der Waals surface area (Å²) in [4.78, 5) is 7.22. The molecule has 0 amide bonds. The van der Waals surface area contributed by atoms with Crippen molar-refractivity contribution >= 4 is 0 Å². The minimum absolute atomic E-state index is 0.237. The van der Waals surface area contributed by atoms with E-state index in [0.717, 1.165) is 18.7 Å². The standard InChI is InChI=1S/C10H19N3/c1-3-8(2)6-9(11)7-10-12-4-5-13-10/h4-5,8-9H,3,6-7,11H2,1-2H3,(H,12,13). The Balaban J connectivity index is 2.29. The molecule has 0 bridgehead atoms. The van der Waals surface area contributed by atoms with Crippen LogP contribution in [0.25, 0.3) is 0 Å². The van der Waals surface area contributed by atoms with Crippen molar-refractivity contribution in [1.29, 1.82) is 0 Å². The summed E-state index contributed by atoms with van der Waals surface area (Å²) < 4.78 is 0. The van der Waals surface area contributed by atoms with Gasteiger partial charge in [0, 0.05) is 24.9 Å². The summed E-state index contributed by atoms with van der Waals surface area (Å²) in [6.45, 7) is 4.44. The predicted molar refractivity (Wildman–Crippen MR) is 54.3 cm³/mol. The van der Waals surface area contributed by atoms with Gasteiger partial charge in [-0.15, -0.1) is 0 Å². The first-order chi connectivity index (χ1) is 6.22. The molecular formula is C10H19N3. The average Bonchev–Trinajstić information content (AvgIpc) is 2.56. The zero-order valence-corrected chi connectivity index (χ0v) is 8.46. The van der Waals surface area contributed by atoms with Crippen LogP contribution >= 0.6 is 0 Å². The SMILES string of the molecule is CCC(C)CC(N)Cc1ncc[nH]1. The Morgan fingerprint density at radius 1 is 1.62 bits per heavy atom. The molecule has 1 aromatic heterocycles. The predicted octanol–water partition coefficient (Wildman–Crippen LogP) is 1.72. The molecule has 0 fully saturated rings. The second kappa shape index (κ2) is 5.02. The molecule has 0 aromatic carbocycles. The van der Waals surface area contributed by atoms with E-state index < -0.39 is 0 Å². The maximum Gasteiger partial charge on any atom is 0.107 e. The molecule has 13 heavy (non-hydrogen) atoms. The molecule has 2 unspecified atom stereocenters. The van der Waals surface area contributed by atoms with Gasteiger partial charge in [0.15, 0.2) is 0 Å². The van der Waals surface area contributed by atoms with Gasteiger partial charge in [-0.25, -0.2) is 4.98 Å². The zero-order valence-electron chi connectivity index (χ0n) is 8.46. The molecule has 1 rings (SSSR count). The Labute approximate surface area is 79.8 Å². The number of rotatable bonds is 5. The Morgan fingerprint density at radius 3 is 2.92 bits per heavy atom. The smallest absolute Gasteiger partial charge is 0.107 e. The van der Waals surface area contributed by atoms with Crippen molar-refractivity contribution in [3.8, 4) is 0 Å². The molecule has 3 N–H and O–H groups in total. The summed E-state index contributed by atoms with van der Waals surface area (Å²) in [5.41, 5.74) is 5.98. The molecule has 74 valence electrons. The first-order valence-electron chi connectivity index (χ1n) is 4.96. The van der Waals surface area contributed by atoms with Crippen molar-refractivity contribution in [1.82, 2.24) is 9.97 Å². The highest BCUT2D eigenvalue weighted by atomic mass is 14.9. The maximum absolute atomic E-state index is 5.98. The van der Waals surface area contributed by atoms with Crippen molar-refractivity contribution in [2.45, 2.75) is 39.2 Å². The van der Waals surface area contributed by atoms with Crippen LogP contribution in [0.5, 0.6) is 0 Å². The van der Waals surface area contributed by atoms with E-state index in [1.807, 2.05) is 6.20 Å². The second-order valence-electron chi connectivity index (χ2n) is 3.75. The Bertz CT molecular complexity index is 218. The van der Waals surface area contributed by atoms with Gasteiger partial charge in [-0.3, -0.25) is 0 Å². The zero-order chi connectivity index (χ0) is 9.68. The van der Waals surface area contributed by atoms with Gasteiger partial charge in [0.2, 0.25) is 0 Å². The number of nitrogens with two attached hydrogens (primary N) is 1. The molecule has 0 saturated heterocycles. The van der Waals surface area contributed by atoms with Crippen LogP contribution in [0.15, 0.2) is 12.4 Å². The van der Waals surface area contributed by atoms with Crippen LogP contribution in [0.3, 0.4) is 0 Å². The molecule has 0 saturated carbocycles. The fraction of sp³-hybridized carbons (Fsp3) is 0.700. The lowest BCUT2D eigenvalue weighted by Crippen LogP contribution is -2.25. The average molecular weight is 181 g/mol. The number of imidazole rings is 1. The number of nitrogens with zero attached hydrogens (tertiary/aromatic N) is 1. The van der Waals surface area contributed by atoms with Gasteiger partial charge >= 0.3 is 0 Å². The molecule has 0 aliphatic rings. The fourth-order valence-electron chi connectivity index (χ4n) is 1.42. The number of aromatic nitrogens is 2. The molecule has 3 heteroatoms. The summed E-state index contributed by atoms with van der Waals surface area (Å²) in [7, 11) is 0. The number of aromatic amines is 1. The van der Waals surface area contributed by atoms with Gasteiger partial charge in [-0.2, -0.15) is 0 Å². The van der Waals surface area contributed by atoms with Gasteiger partial charge < -0.3 is 10.7 Å². The summed E-state index contributed by atoms with van der Waals surface area (Å²) in [6.07, 6.45) is 6.75. The lowest BCUT2D eigenvalue weighted by molar-refractivity contribution is 0.446. The normalized spacial score (nSPS) is 15.6. The summed E-state index contributed by atoms with van der Waals surface area (Å²) in [5.74, 6) is 1.71. The van der Waals surface area contributed by atoms with E-state index >= 15 is 0 Å². The highest BCUT2D eigenvalue weighted by Crippen LogP contribution is 2.10. The third kappa shape index (κ3) is 3.59. The van der Waals surface area contributed by atoms with Crippen LogP contribution in [-0.4, -0.2) is 16.0 Å². The van der Waals surface area contributed by atoms with E-state index in [1.54, 1.807) is 6.20 Å². The van der Waals surface area contributed by atoms with Gasteiger partial charge in [0.25, 0.3) is 0 Å². The van der Waals surface area contributed by atoms with Gasteiger partial charge in [0.1, 0.15) is 5.82 Å². The van der Waals surface area contributed by atoms with Gasteiger partial charge in [-0.1, -0.05) is 20.3 Å². The largest absolute Gasteiger partial charge is 0.349 e. The van der Waals surface area contributed by atoms with Crippen LogP contribution < -0.4 is 5.73 Å². The van der Waals surface area contributed by atoms with Crippen molar-refractivity contribution in [2.24, 2.45) is 11.7 Å². The monoisotopic (exact) mass is 181 g/mol. The van der Waals surface area contributed by atoms with E-state index in [-0.39, 0.29) is 6.04 Å². The van der Waals surface area contributed by atoms with E-state index in [1.165, 1.54) is 6.42 Å². The quantitative estimate of drug-likeness (QED) is 0.726. The molecular weight excluding hydrogens is 162 g/mol. The number of H-pyrrole nitrogens is 1. The summed E-state index contributed by atoms with van der Waals surface area (Å²) >= 11 is 0.